The van der Waals surface area contributed by atoms with Crippen molar-refractivity contribution >= 4 is 45.3 Å². The van der Waals surface area contributed by atoms with Crippen molar-refractivity contribution in [2.24, 2.45) is 0 Å². The molecule has 132 valence electrons. The van der Waals surface area contributed by atoms with E-state index in [2.05, 4.69) is 15.4 Å². The van der Waals surface area contributed by atoms with E-state index in [1.54, 1.807) is 6.92 Å². The fraction of sp³-hybridized carbons (Fsp3) is 0.692. The lowest BCUT2D eigenvalue weighted by molar-refractivity contribution is -0.146. The SMILES string of the molecule is CCOC(=O)[C@H](CSSC[C@H](NC(C)=O)C(=O)OC)NC(C)=O. The Hall–Kier alpha value is -1.42. The molecule has 0 aromatic heterocycles. The molecule has 8 nitrogen and oxygen atoms in total. The summed E-state index contributed by atoms with van der Waals surface area (Å²) in [6, 6.07) is -1.53. The van der Waals surface area contributed by atoms with Gasteiger partial charge in [0.1, 0.15) is 12.1 Å². The van der Waals surface area contributed by atoms with Crippen LogP contribution in [-0.2, 0) is 28.7 Å². The Bertz CT molecular complexity index is 433. The van der Waals surface area contributed by atoms with Crippen LogP contribution in [0.15, 0.2) is 0 Å². The second-order valence-corrected chi connectivity index (χ2v) is 6.90. The minimum atomic E-state index is -0.767. The first-order chi connectivity index (χ1) is 10.8. The highest BCUT2D eigenvalue weighted by Gasteiger charge is 2.23. The number of ether oxygens (including phenoxy) is 2. The molecule has 0 radical (unpaired) electrons. The van der Waals surface area contributed by atoms with E-state index in [4.69, 9.17) is 4.74 Å². The first-order valence-electron chi connectivity index (χ1n) is 6.84. The third-order valence-corrected chi connectivity index (χ3v) is 4.79. The van der Waals surface area contributed by atoms with E-state index in [9.17, 15) is 19.2 Å². The van der Waals surface area contributed by atoms with Gasteiger partial charge in [-0.05, 0) is 6.92 Å². The lowest BCUT2D eigenvalue weighted by atomic mass is 10.3. The summed E-state index contributed by atoms with van der Waals surface area (Å²) in [7, 11) is 3.80. The molecule has 0 spiro atoms. The Morgan fingerprint density at radius 1 is 0.913 bits per heavy atom. The normalized spacial score (nSPS) is 12.7. The topological polar surface area (TPSA) is 111 Å². The van der Waals surface area contributed by atoms with Crippen molar-refractivity contribution in [3.63, 3.8) is 0 Å². The zero-order chi connectivity index (χ0) is 17.8. The molecule has 0 fully saturated rings. The van der Waals surface area contributed by atoms with Gasteiger partial charge >= 0.3 is 11.9 Å². The molecule has 2 atom stereocenters. The van der Waals surface area contributed by atoms with Crippen molar-refractivity contribution in [2.75, 3.05) is 25.2 Å². The van der Waals surface area contributed by atoms with E-state index in [1.165, 1.54) is 42.5 Å². The van der Waals surface area contributed by atoms with E-state index in [0.29, 0.717) is 0 Å². The molecular formula is C13H22N2O6S2. The molecule has 0 unspecified atom stereocenters. The number of esters is 2. The summed E-state index contributed by atoms with van der Waals surface area (Å²) < 4.78 is 9.49. The van der Waals surface area contributed by atoms with Crippen molar-refractivity contribution in [1.29, 1.82) is 0 Å². The van der Waals surface area contributed by atoms with E-state index in [-0.39, 0.29) is 29.9 Å². The van der Waals surface area contributed by atoms with Crippen LogP contribution in [0.25, 0.3) is 0 Å². The lowest BCUT2D eigenvalue weighted by Crippen LogP contribution is -2.43. The standard InChI is InChI=1S/C13H22N2O6S2/c1-5-21-13(19)11(15-9(3)17)7-23-22-6-10(12(18)20-4)14-8(2)16/h10-11H,5-7H2,1-4H3,(H,14,16)(H,15,17)/t10-,11-/m0/s1. The van der Waals surface area contributed by atoms with Gasteiger partial charge in [0.05, 0.1) is 13.7 Å². The van der Waals surface area contributed by atoms with Gasteiger partial charge in [0, 0.05) is 25.4 Å². The Labute approximate surface area is 143 Å². The van der Waals surface area contributed by atoms with Gasteiger partial charge in [-0.25, -0.2) is 9.59 Å². The number of amides is 2. The lowest BCUT2D eigenvalue weighted by Gasteiger charge is -2.17. The molecule has 0 saturated heterocycles. The van der Waals surface area contributed by atoms with Gasteiger partial charge in [-0.1, -0.05) is 21.6 Å². The van der Waals surface area contributed by atoms with Gasteiger partial charge in [0.2, 0.25) is 11.8 Å². The van der Waals surface area contributed by atoms with Crippen LogP contribution in [0.2, 0.25) is 0 Å². The largest absolute Gasteiger partial charge is 0.467 e. The minimum absolute atomic E-state index is 0.222. The molecule has 0 aromatic carbocycles. The highest BCUT2D eigenvalue weighted by atomic mass is 33.1. The van der Waals surface area contributed by atoms with Gasteiger partial charge in [-0.3, -0.25) is 9.59 Å². The van der Waals surface area contributed by atoms with E-state index < -0.39 is 24.0 Å². The number of carbonyl (C=O) groups excluding carboxylic acids is 4. The van der Waals surface area contributed by atoms with Crippen LogP contribution in [0, 0.1) is 0 Å². The van der Waals surface area contributed by atoms with Crippen molar-refractivity contribution in [3.05, 3.63) is 0 Å². The molecule has 2 amide bonds. The molecule has 0 saturated carbocycles. The highest BCUT2D eigenvalue weighted by molar-refractivity contribution is 8.76. The minimum Gasteiger partial charge on any atom is -0.467 e. The van der Waals surface area contributed by atoms with Crippen LogP contribution >= 0.6 is 21.6 Å². The van der Waals surface area contributed by atoms with Gasteiger partial charge < -0.3 is 20.1 Å². The van der Waals surface area contributed by atoms with Gasteiger partial charge in [0.25, 0.3) is 0 Å². The third-order valence-electron chi connectivity index (χ3n) is 2.36. The average Bonchev–Trinajstić information content (AvgIpc) is 2.47. The maximum absolute atomic E-state index is 11.7. The summed E-state index contributed by atoms with van der Waals surface area (Å²) in [6.07, 6.45) is 0. The average molecular weight is 366 g/mol. The molecule has 0 aliphatic rings. The second-order valence-electron chi connectivity index (χ2n) is 4.35. The van der Waals surface area contributed by atoms with Gasteiger partial charge in [-0.2, -0.15) is 0 Å². The monoisotopic (exact) mass is 366 g/mol. The molecule has 10 heteroatoms. The van der Waals surface area contributed by atoms with E-state index in [1.807, 2.05) is 0 Å². The number of hydrogen-bond acceptors (Lipinski definition) is 8. The van der Waals surface area contributed by atoms with E-state index in [0.717, 1.165) is 0 Å². The third kappa shape index (κ3) is 10.1. The molecule has 2 N–H and O–H groups in total. The predicted octanol–water partition coefficient (Wildman–Crippen LogP) is 0.113. The zero-order valence-corrected chi connectivity index (χ0v) is 15.2. The zero-order valence-electron chi connectivity index (χ0n) is 13.5. The van der Waals surface area contributed by atoms with Crippen LogP contribution in [0.1, 0.15) is 20.8 Å². The number of hydrogen-bond donors (Lipinski definition) is 2. The summed E-state index contributed by atoms with van der Waals surface area (Å²) in [5.74, 6) is -1.18. The maximum atomic E-state index is 11.7. The number of carbonyl (C=O) groups is 4. The van der Waals surface area contributed by atoms with Crippen LogP contribution in [0.4, 0.5) is 0 Å². The highest BCUT2D eigenvalue weighted by Crippen LogP contribution is 2.23. The Balaban J connectivity index is 4.39. The Morgan fingerprint density at radius 3 is 1.70 bits per heavy atom. The summed E-state index contributed by atoms with van der Waals surface area (Å²) in [6.45, 7) is 4.52. The summed E-state index contributed by atoms with van der Waals surface area (Å²) in [5, 5.41) is 4.99. The summed E-state index contributed by atoms with van der Waals surface area (Å²) >= 11 is 0. The maximum Gasteiger partial charge on any atom is 0.329 e. The van der Waals surface area contributed by atoms with Gasteiger partial charge in [0.15, 0.2) is 0 Å². The number of rotatable bonds is 10. The first kappa shape index (κ1) is 21.6. The molecular weight excluding hydrogens is 344 g/mol. The summed E-state index contributed by atoms with van der Waals surface area (Å²) in [5.41, 5.74) is 0. The Morgan fingerprint density at radius 2 is 1.35 bits per heavy atom. The molecule has 0 aromatic rings. The molecule has 0 aliphatic heterocycles. The van der Waals surface area contributed by atoms with E-state index >= 15 is 0 Å². The van der Waals surface area contributed by atoms with Crippen LogP contribution in [-0.4, -0.2) is 61.1 Å². The number of nitrogens with one attached hydrogen (secondary N) is 2. The van der Waals surface area contributed by atoms with Crippen molar-refractivity contribution in [3.8, 4) is 0 Å². The summed E-state index contributed by atoms with van der Waals surface area (Å²) in [4.78, 5) is 45.4. The molecule has 0 bridgehead atoms. The molecule has 0 rings (SSSR count). The Kier molecular flexibility index (Phi) is 11.3. The van der Waals surface area contributed by atoms with Crippen molar-refractivity contribution < 1.29 is 28.7 Å². The van der Waals surface area contributed by atoms with Crippen LogP contribution in [0.5, 0.6) is 0 Å². The second kappa shape index (κ2) is 12.1. The fourth-order valence-corrected chi connectivity index (χ4v) is 3.74. The quantitative estimate of drug-likeness (QED) is 0.318. The fourth-order valence-electron chi connectivity index (χ4n) is 1.45. The first-order valence-corrected chi connectivity index (χ1v) is 9.33. The molecule has 23 heavy (non-hydrogen) atoms. The van der Waals surface area contributed by atoms with Crippen molar-refractivity contribution in [1.82, 2.24) is 10.6 Å². The van der Waals surface area contributed by atoms with Crippen LogP contribution < -0.4 is 10.6 Å². The smallest absolute Gasteiger partial charge is 0.329 e. The number of methoxy groups -OCH3 is 1. The molecule has 0 heterocycles. The van der Waals surface area contributed by atoms with Crippen molar-refractivity contribution in [2.45, 2.75) is 32.9 Å². The molecule has 0 aliphatic carbocycles. The van der Waals surface area contributed by atoms with Gasteiger partial charge in [-0.15, -0.1) is 0 Å². The van der Waals surface area contributed by atoms with Crippen LogP contribution in [0.3, 0.4) is 0 Å². The predicted molar refractivity (Wildman–Crippen MR) is 88.8 cm³/mol.